The molecule has 1 N–H and O–H groups in total. The molecule has 2 heterocycles. The van der Waals surface area contributed by atoms with Crippen molar-refractivity contribution in [3.63, 3.8) is 0 Å². The van der Waals surface area contributed by atoms with Crippen LogP contribution in [0.2, 0.25) is 0 Å². The first-order valence-electron chi connectivity index (χ1n) is 3.70. The second-order valence-electron chi connectivity index (χ2n) is 3.19. The van der Waals surface area contributed by atoms with Crippen LogP contribution < -0.4 is 5.32 Å². The maximum Gasteiger partial charge on any atom is 0.0164 e. The normalized spacial score (nSPS) is 49.7. The molecule has 0 saturated carbocycles. The molecule has 9 heavy (non-hydrogen) atoms. The number of thioether (sulfide) groups is 1. The van der Waals surface area contributed by atoms with Gasteiger partial charge in [-0.3, -0.25) is 0 Å². The van der Waals surface area contributed by atoms with Gasteiger partial charge in [-0.2, -0.15) is 11.8 Å². The van der Waals surface area contributed by atoms with Crippen LogP contribution in [-0.4, -0.2) is 23.6 Å². The van der Waals surface area contributed by atoms with Gasteiger partial charge in [0.15, 0.2) is 0 Å². The summed E-state index contributed by atoms with van der Waals surface area (Å²) in [7, 11) is 0. The van der Waals surface area contributed by atoms with Crippen molar-refractivity contribution in [3.8, 4) is 0 Å². The van der Waals surface area contributed by atoms with E-state index in [1.54, 1.807) is 0 Å². The fraction of sp³-hybridized carbons (Fsp3) is 1.00. The van der Waals surface area contributed by atoms with E-state index >= 15 is 0 Å². The zero-order valence-electron chi connectivity index (χ0n) is 5.76. The number of fused-ring (bicyclic) bond motifs is 2. The van der Waals surface area contributed by atoms with Crippen LogP contribution in [-0.2, 0) is 0 Å². The molecule has 0 spiro atoms. The van der Waals surface area contributed by atoms with Gasteiger partial charge < -0.3 is 5.32 Å². The maximum atomic E-state index is 3.59. The van der Waals surface area contributed by atoms with Gasteiger partial charge in [0.1, 0.15) is 0 Å². The van der Waals surface area contributed by atoms with E-state index in [0.717, 1.165) is 18.0 Å². The fourth-order valence-electron chi connectivity index (χ4n) is 1.84. The summed E-state index contributed by atoms with van der Waals surface area (Å²) < 4.78 is 0. The molecule has 0 aromatic carbocycles. The lowest BCUT2D eigenvalue weighted by Crippen LogP contribution is -2.28. The van der Waals surface area contributed by atoms with Crippen molar-refractivity contribution in [2.45, 2.75) is 25.4 Å². The van der Waals surface area contributed by atoms with Crippen LogP contribution in [0.1, 0.15) is 13.3 Å². The molecule has 0 amide bonds. The molecule has 2 aliphatic heterocycles. The van der Waals surface area contributed by atoms with Gasteiger partial charge in [0.25, 0.3) is 0 Å². The van der Waals surface area contributed by atoms with E-state index in [1.807, 2.05) is 0 Å². The molecule has 0 aliphatic carbocycles. The number of hydrogen-bond donors (Lipinski definition) is 1. The maximum absolute atomic E-state index is 3.59. The first-order valence-corrected chi connectivity index (χ1v) is 4.85. The smallest absolute Gasteiger partial charge is 0.0164 e. The Kier molecular flexibility index (Phi) is 1.46. The predicted molar refractivity (Wildman–Crippen MR) is 41.8 cm³/mol. The lowest BCUT2D eigenvalue weighted by atomic mass is 10.0. The Balaban J connectivity index is 2.07. The summed E-state index contributed by atoms with van der Waals surface area (Å²) in [5, 5.41) is 3.59. The summed E-state index contributed by atoms with van der Waals surface area (Å²) in [6.07, 6.45) is 1.44. The van der Waals surface area contributed by atoms with Crippen LogP contribution in [0.5, 0.6) is 0 Å². The Labute approximate surface area is 60.6 Å². The van der Waals surface area contributed by atoms with E-state index in [2.05, 4.69) is 24.0 Å². The van der Waals surface area contributed by atoms with Gasteiger partial charge in [-0.25, -0.2) is 0 Å². The lowest BCUT2D eigenvalue weighted by molar-refractivity contribution is 0.528. The van der Waals surface area contributed by atoms with Gasteiger partial charge in [0, 0.05) is 17.8 Å². The predicted octanol–water partition coefficient (Wildman–Crippen LogP) is 1.10. The third-order valence-corrected chi connectivity index (χ3v) is 3.75. The van der Waals surface area contributed by atoms with Crippen LogP contribution in [0, 0.1) is 5.92 Å². The van der Waals surface area contributed by atoms with Gasteiger partial charge in [0.2, 0.25) is 0 Å². The average Bonchev–Trinajstić information content (AvgIpc) is 2.09. The highest BCUT2D eigenvalue weighted by Gasteiger charge is 2.33. The van der Waals surface area contributed by atoms with Crippen molar-refractivity contribution in [2.24, 2.45) is 5.92 Å². The SMILES string of the molecule is CC1NC2CSCC1C2. The van der Waals surface area contributed by atoms with Crippen molar-refractivity contribution in [2.75, 3.05) is 11.5 Å². The van der Waals surface area contributed by atoms with Gasteiger partial charge in [-0.1, -0.05) is 0 Å². The second kappa shape index (κ2) is 2.17. The van der Waals surface area contributed by atoms with Crippen molar-refractivity contribution < 1.29 is 0 Å². The summed E-state index contributed by atoms with van der Waals surface area (Å²) in [6.45, 7) is 2.32. The molecule has 2 rings (SSSR count). The molecule has 3 atom stereocenters. The Hall–Kier alpha value is 0.310. The number of rotatable bonds is 0. The number of hydrogen-bond acceptors (Lipinski definition) is 2. The summed E-state index contributed by atoms with van der Waals surface area (Å²) in [6, 6.07) is 1.65. The fourth-order valence-corrected chi connectivity index (χ4v) is 3.22. The molecular weight excluding hydrogens is 130 g/mol. The third-order valence-electron chi connectivity index (χ3n) is 2.44. The van der Waals surface area contributed by atoms with Crippen LogP contribution in [0.4, 0.5) is 0 Å². The summed E-state index contributed by atoms with van der Waals surface area (Å²) in [5.41, 5.74) is 0. The standard InChI is InChI=1S/C7H13NS/c1-5-6-2-7(8-5)4-9-3-6/h5-8H,2-4H2,1H3. The van der Waals surface area contributed by atoms with Crippen molar-refractivity contribution in [3.05, 3.63) is 0 Å². The quantitative estimate of drug-likeness (QED) is 0.545. The number of nitrogens with one attached hydrogen (secondary N) is 1. The van der Waals surface area contributed by atoms with Crippen LogP contribution in [0.3, 0.4) is 0 Å². The topological polar surface area (TPSA) is 12.0 Å². The molecule has 0 aromatic rings. The summed E-state index contributed by atoms with van der Waals surface area (Å²) in [4.78, 5) is 0. The minimum atomic E-state index is 0.796. The van der Waals surface area contributed by atoms with Crippen molar-refractivity contribution in [1.29, 1.82) is 0 Å². The minimum absolute atomic E-state index is 0.796. The highest BCUT2D eigenvalue weighted by Crippen LogP contribution is 2.31. The van der Waals surface area contributed by atoms with Crippen molar-refractivity contribution >= 4 is 11.8 Å². The zero-order chi connectivity index (χ0) is 6.27. The largest absolute Gasteiger partial charge is 0.310 e. The van der Waals surface area contributed by atoms with E-state index in [0.29, 0.717) is 0 Å². The van der Waals surface area contributed by atoms with Gasteiger partial charge >= 0.3 is 0 Å². The third kappa shape index (κ3) is 0.987. The molecule has 2 saturated heterocycles. The average molecular weight is 143 g/mol. The highest BCUT2D eigenvalue weighted by molar-refractivity contribution is 7.99. The minimum Gasteiger partial charge on any atom is -0.310 e. The Morgan fingerprint density at radius 1 is 1.44 bits per heavy atom. The second-order valence-corrected chi connectivity index (χ2v) is 4.26. The molecule has 0 aromatic heterocycles. The van der Waals surface area contributed by atoms with Crippen LogP contribution in [0.25, 0.3) is 0 Å². The zero-order valence-corrected chi connectivity index (χ0v) is 6.58. The Morgan fingerprint density at radius 2 is 2.33 bits per heavy atom. The molecule has 2 heteroatoms. The van der Waals surface area contributed by atoms with Gasteiger partial charge in [0.05, 0.1) is 0 Å². The molecule has 2 aliphatic rings. The first-order chi connectivity index (χ1) is 4.36. The summed E-state index contributed by atoms with van der Waals surface area (Å²) >= 11 is 2.11. The van der Waals surface area contributed by atoms with E-state index in [1.165, 1.54) is 17.9 Å². The van der Waals surface area contributed by atoms with Gasteiger partial charge in [-0.05, 0) is 25.0 Å². The van der Waals surface area contributed by atoms with E-state index < -0.39 is 0 Å². The molecule has 2 bridgehead atoms. The first kappa shape index (κ1) is 6.05. The van der Waals surface area contributed by atoms with E-state index in [-0.39, 0.29) is 0 Å². The van der Waals surface area contributed by atoms with Gasteiger partial charge in [-0.15, -0.1) is 0 Å². The monoisotopic (exact) mass is 143 g/mol. The Morgan fingerprint density at radius 3 is 3.00 bits per heavy atom. The summed E-state index contributed by atoms with van der Waals surface area (Å²) in [5.74, 6) is 3.72. The van der Waals surface area contributed by atoms with E-state index in [4.69, 9.17) is 0 Å². The molecule has 3 unspecified atom stereocenters. The lowest BCUT2D eigenvalue weighted by Gasteiger charge is -2.16. The Bertz CT molecular complexity index is 113. The molecule has 0 radical (unpaired) electrons. The van der Waals surface area contributed by atoms with Crippen molar-refractivity contribution in [1.82, 2.24) is 5.32 Å². The van der Waals surface area contributed by atoms with Crippen LogP contribution >= 0.6 is 11.8 Å². The highest BCUT2D eigenvalue weighted by atomic mass is 32.2. The molecule has 1 nitrogen and oxygen atoms in total. The molecule has 52 valence electrons. The molecular formula is C7H13NS. The van der Waals surface area contributed by atoms with E-state index in [9.17, 15) is 0 Å². The molecule has 2 fully saturated rings. The van der Waals surface area contributed by atoms with Crippen LogP contribution in [0.15, 0.2) is 0 Å².